The van der Waals surface area contributed by atoms with Crippen LogP contribution in [-0.4, -0.2) is 15.7 Å². The monoisotopic (exact) mass is 352 g/mol. The van der Waals surface area contributed by atoms with E-state index in [0.717, 1.165) is 36.2 Å². The molecule has 0 aliphatic carbocycles. The molecule has 0 bridgehead atoms. The fourth-order valence-corrected chi connectivity index (χ4v) is 3.37. The van der Waals surface area contributed by atoms with Crippen LogP contribution in [0.2, 0.25) is 5.02 Å². The van der Waals surface area contributed by atoms with Crippen molar-refractivity contribution in [2.45, 2.75) is 26.0 Å². The lowest BCUT2D eigenvalue weighted by Crippen LogP contribution is -2.08. The van der Waals surface area contributed by atoms with Gasteiger partial charge in [-0.25, -0.2) is 4.79 Å². The molecular weight excluding hydrogens is 336 g/mol. The van der Waals surface area contributed by atoms with Crippen LogP contribution in [0.4, 0.5) is 0 Å². The van der Waals surface area contributed by atoms with E-state index in [1.54, 1.807) is 0 Å². The van der Waals surface area contributed by atoms with Crippen molar-refractivity contribution in [3.63, 3.8) is 0 Å². The number of rotatable bonds is 4. The second-order valence-electron chi connectivity index (χ2n) is 6.07. The van der Waals surface area contributed by atoms with Gasteiger partial charge in [-0.15, -0.1) is 0 Å². The van der Waals surface area contributed by atoms with Gasteiger partial charge in [-0.1, -0.05) is 54.1 Å². The number of ether oxygens (including phenoxy) is 1. The largest absolute Gasteiger partial charge is 0.457 e. The Kier molecular flexibility index (Phi) is 4.28. The van der Waals surface area contributed by atoms with E-state index in [0.29, 0.717) is 16.3 Å². The lowest BCUT2D eigenvalue weighted by Gasteiger charge is -2.07. The van der Waals surface area contributed by atoms with Gasteiger partial charge in [-0.2, -0.15) is 5.10 Å². The number of hydrogen-bond donors (Lipinski definition) is 0. The van der Waals surface area contributed by atoms with Gasteiger partial charge in [0.05, 0.1) is 5.69 Å². The summed E-state index contributed by atoms with van der Waals surface area (Å²) in [5.41, 5.74) is 3.96. The molecule has 0 fully saturated rings. The lowest BCUT2D eigenvalue weighted by atomic mass is 10.0. The number of aromatic nitrogens is 2. The van der Waals surface area contributed by atoms with Crippen LogP contribution in [0, 0.1) is 0 Å². The normalized spacial score (nSPS) is 12.8. The minimum absolute atomic E-state index is 0.249. The molecule has 4 nitrogen and oxygen atoms in total. The summed E-state index contributed by atoms with van der Waals surface area (Å²) in [5.74, 6) is -0.332. The maximum absolute atomic E-state index is 12.8. The number of hydrogen-bond acceptors (Lipinski definition) is 3. The van der Waals surface area contributed by atoms with Crippen LogP contribution in [0.1, 0.15) is 28.0 Å². The van der Waals surface area contributed by atoms with Gasteiger partial charge in [0.2, 0.25) is 0 Å². The number of fused-ring (bicyclic) bond motifs is 1. The smallest absolute Gasteiger partial charge is 0.342 e. The van der Waals surface area contributed by atoms with Crippen LogP contribution in [0.15, 0.2) is 54.6 Å². The van der Waals surface area contributed by atoms with Crippen LogP contribution < -0.4 is 0 Å². The summed E-state index contributed by atoms with van der Waals surface area (Å²) in [7, 11) is 0. The van der Waals surface area contributed by atoms with Gasteiger partial charge in [0.15, 0.2) is 0 Å². The predicted molar refractivity (Wildman–Crippen MR) is 96.6 cm³/mol. The topological polar surface area (TPSA) is 44.1 Å². The van der Waals surface area contributed by atoms with E-state index in [1.165, 1.54) is 0 Å². The second kappa shape index (κ2) is 6.73. The summed E-state index contributed by atoms with van der Waals surface area (Å²) in [4.78, 5) is 12.8. The standard InChI is InChI=1S/C20H17ClN2O2/c21-16-9-4-8-15(12-16)19-18(17-10-5-11-23(17)22-19)20(24)25-13-14-6-2-1-3-7-14/h1-4,6-9,12H,5,10-11,13H2. The molecule has 4 rings (SSSR count). The molecule has 0 unspecified atom stereocenters. The number of halogens is 1. The van der Waals surface area contributed by atoms with E-state index >= 15 is 0 Å². The highest BCUT2D eigenvalue weighted by Gasteiger charge is 2.28. The molecule has 5 heteroatoms. The van der Waals surface area contributed by atoms with Gasteiger partial charge in [-0.05, 0) is 30.5 Å². The minimum Gasteiger partial charge on any atom is -0.457 e. The predicted octanol–water partition coefficient (Wildman–Crippen LogP) is 4.51. The van der Waals surface area contributed by atoms with Crippen molar-refractivity contribution in [1.82, 2.24) is 9.78 Å². The molecule has 2 aromatic carbocycles. The molecule has 2 heterocycles. The van der Waals surface area contributed by atoms with E-state index in [2.05, 4.69) is 5.10 Å². The van der Waals surface area contributed by atoms with E-state index in [9.17, 15) is 4.79 Å². The maximum Gasteiger partial charge on any atom is 0.342 e. The molecule has 25 heavy (non-hydrogen) atoms. The molecule has 0 spiro atoms. The van der Waals surface area contributed by atoms with E-state index < -0.39 is 0 Å². The SMILES string of the molecule is O=C(OCc1ccccc1)c1c(-c2cccc(Cl)c2)nn2c1CCC2. The lowest BCUT2D eigenvalue weighted by molar-refractivity contribution is 0.0472. The van der Waals surface area contributed by atoms with Crippen molar-refractivity contribution in [3.05, 3.63) is 76.4 Å². The molecule has 1 aliphatic heterocycles. The van der Waals surface area contributed by atoms with Crippen LogP contribution >= 0.6 is 11.6 Å². The summed E-state index contributed by atoms with van der Waals surface area (Å²) in [6.45, 7) is 1.08. The van der Waals surface area contributed by atoms with Gasteiger partial charge in [0.1, 0.15) is 17.9 Å². The summed E-state index contributed by atoms with van der Waals surface area (Å²) in [6.07, 6.45) is 1.83. The first-order valence-electron chi connectivity index (χ1n) is 8.29. The van der Waals surface area contributed by atoms with E-state index in [1.807, 2.05) is 59.3 Å². The Morgan fingerprint density at radius 2 is 2.00 bits per heavy atom. The summed E-state index contributed by atoms with van der Waals surface area (Å²) in [6, 6.07) is 17.1. The number of aryl methyl sites for hydroxylation is 1. The summed E-state index contributed by atoms with van der Waals surface area (Å²) < 4.78 is 7.48. The third kappa shape index (κ3) is 3.17. The quantitative estimate of drug-likeness (QED) is 0.649. The molecule has 0 atom stereocenters. The van der Waals surface area contributed by atoms with Crippen molar-refractivity contribution < 1.29 is 9.53 Å². The Balaban J connectivity index is 1.67. The van der Waals surface area contributed by atoms with Crippen LogP contribution in [0.3, 0.4) is 0 Å². The summed E-state index contributed by atoms with van der Waals surface area (Å²) in [5, 5.41) is 5.26. The second-order valence-corrected chi connectivity index (χ2v) is 6.51. The van der Waals surface area contributed by atoms with Crippen molar-refractivity contribution >= 4 is 17.6 Å². The molecule has 1 aromatic heterocycles. The highest BCUT2D eigenvalue weighted by atomic mass is 35.5. The Morgan fingerprint density at radius 1 is 1.16 bits per heavy atom. The molecule has 1 aliphatic rings. The number of benzene rings is 2. The number of esters is 1. The molecule has 0 saturated carbocycles. The molecular formula is C20H17ClN2O2. The van der Waals surface area contributed by atoms with Crippen molar-refractivity contribution in [2.75, 3.05) is 0 Å². The first-order valence-corrected chi connectivity index (χ1v) is 8.67. The van der Waals surface area contributed by atoms with Gasteiger partial charge >= 0.3 is 5.97 Å². The zero-order valence-corrected chi connectivity index (χ0v) is 14.4. The zero-order chi connectivity index (χ0) is 17.2. The fourth-order valence-electron chi connectivity index (χ4n) is 3.18. The zero-order valence-electron chi connectivity index (χ0n) is 13.6. The van der Waals surface area contributed by atoms with Gasteiger partial charge in [0.25, 0.3) is 0 Å². The van der Waals surface area contributed by atoms with E-state index in [-0.39, 0.29) is 12.6 Å². The fraction of sp³-hybridized carbons (Fsp3) is 0.200. The Labute approximate surface area is 151 Å². The Bertz CT molecular complexity index is 919. The van der Waals surface area contributed by atoms with Gasteiger partial charge in [-0.3, -0.25) is 4.68 Å². The first-order chi connectivity index (χ1) is 12.2. The third-order valence-corrected chi connectivity index (χ3v) is 4.59. The molecule has 3 aromatic rings. The molecule has 0 radical (unpaired) electrons. The summed E-state index contributed by atoms with van der Waals surface area (Å²) >= 11 is 6.11. The minimum atomic E-state index is -0.332. The molecule has 0 amide bonds. The van der Waals surface area contributed by atoms with Crippen molar-refractivity contribution in [2.24, 2.45) is 0 Å². The highest BCUT2D eigenvalue weighted by Crippen LogP contribution is 2.31. The average Bonchev–Trinajstić information content (AvgIpc) is 3.21. The van der Waals surface area contributed by atoms with Crippen molar-refractivity contribution in [1.29, 1.82) is 0 Å². The third-order valence-electron chi connectivity index (χ3n) is 4.36. The Morgan fingerprint density at radius 3 is 2.80 bits per heavy atom. The first kappa shape index (κ1) is 15.9. The van der Waals surface area contributed by atoms with Crippen LogP contribution in [-0.2, 0) is 24.3 Å². The Hall–Kier alpha value is -2.59. The maximum atomic E-state index is 12.8. The van der Waals surface area contributed by atoms with Gasteiger partial charge in [0, 0.05) is 17.1 Å². The van der Waals surface area contributed by atoms with E-state index in [4.69, 9.17) is 16.3 Å². The average molecular weight is 353 g/mol. The van der Waals surface area contributed by atoms with Crippen LogP contribution in [0.5, 0.6) is 0 Å². The highest BCUT2D eigenvalue weighted by molar-refractivity contribution is 6.30. The number of nitrogens with zero attached hydrogens (tertiary/aromatic N) is 2. The molecule has 0 saturated heterocycles. The number of carbonyl (C=O) groups excluding carboxylic acids is 1. The van der Waals surface area contributed by atoms with Gasteiger partial charge < -0.3 is 4.74 Å². The van der Waals surface area contributed by atoms with Crippen LogP contribution in [0.25, 0.3) is 11.3 Å². The molecule has 0 N–H and O–H groups in total. The molecule has 126 valence electrons. The van der Waals surface area contributed by atoms with Crippen molar-refractivity contribution in [3.8, 4) is 11.3 Å². The number of carbonyl (C=O) groups is 1.